The Labute approximate surface area is 222 Å². The van der Waals surface area contributed by atoms with Crippen molar-refractivity contribution in [1.29, 1.82) is 0 Å². The summed E-state index contributed by atoms with van der Waals surface area (Å²) in [6.07, 6.45) is -4.66. The summed E-state index contributed by atoms with van der Waals surface area (Å²) in [5.41, 5.74) is 0.180. The first-order chi connectivity index (χ1) is 17.8. The lowest BCUT2D eigenvalue weighted by Crippen LogP contribution is -2.40. The molecule has 38 heavy (non-hydrogen) atoms. The second-order valence-electron chi connectivity index (χ2n) is 9.56. The number of hydrogen-bond acceptors (Lipinski definition) is 3. The molecule has 0 bridgehead atoms. The van der Waals surface area contributed by atoms with E-state index in [0.717, 1.165) is 10.7 Å². The molecule has 1 aromatic heterocycles. The molecule has 0 unspecified atom stereocenters. The van der Waals surface area contributed by atoms with Crippen LogP contribution in [0.5, 0.6) is 0 Å². The van der Waals surface area contributed by atoms with Crippen molar-refractivity contribution in [3.63, 3.8) is 0 Å². The SMILES string of the molecule is CC(C)(C)NC(=O)c1ccccc1NC(=O)c1ccc(-c2cc(C(F)(F)F)nn2-c2ccccc2Cl)cc1. The molecule has 0 radical (unpaired) electrons. The fourth-order valence-electron chi connectivity index (χ4n) is 3.72. The standard InChI is InChI=1S/C28H24ClF3N4O2/c1-27(2,3)34-26(38)19-8-4-6-10-21(19)33-25(37)18-14-12-17(13-15-18)23-16-24(28(30,31)32)35-36(23)22-11-7-5-9-20(22)29/h4-16H,1-3H3,(H,33,37)(H,34,38). The van der Waals surface area contributed by atoms with E-state index in [-0.39, 0.29) is 27.9 Å². The number of hydrogen-bond donors (Lipinski definition) is 2. The third kappa shape index (κ3) is 6.06. The van der Waals surface area contributed by atoms with Gasteiger partial charge >= 0.3 is 6.18 Å². The van der Waals surface area contributed by atoms with Gasteiger partial charge in [0.05, 0.1) is 27.7 Å². The van der Waals surface area contributed by atoms with Crippen LogP contribution in [-0.2, 0) is 6.18 Å². The Hall–Kier alpha value is -4.11. The second-order valence-corrected chi connectivity index (χ2v) is 9.96. The molecule has 196 valence electrons. The number of benzene rings is 3. The zero-order valence-electron chi connectivity index (χ0n) is 20.7. The molecule has 0 saturated heterocycles. The minimum atomic E-state index is -4.66. The van der Waals surface area contributed by atoms with Crippen LogP contribution in [0.1, 0.15) is 47.2 Å². The number of halogens is 4. The second kappa shape index (κ2) is 10.3. The van der Waals surface area contributed by atoms with Crippen LogP contribution in [-0.4, -0.2) is 27.1 Å². The van der Waals surface area contributed by atoms with E-state index in [4.69, 9.17) is 11.6 Å². The van der Waals surface area contributed by atoms with Gasteiger partial charge in [-0.15, -0.1) is 0 Å². The van der Waals surface area contributed by atoms with Gasteiger partial charge < -0.3 is 10.6 Å². The van der Waals surface area contributed by atoms with Gasteiger partial charge in [0.1, 0.15) is 0 Å². The van der Waals surface area contributed by atoms with Crippen molar-refractivity contribution in [2.24, 2.45) is 0 Å². The molecule has 0 aliphatic carbocycles. The van der Waals surface area contributed by atoms with Gasteiger partial charge in [0.15, 0.2) is 5.69 Å². The summed E-state index contributed by atoms with van der Waals surface area (Å²) in [5, 5.41) is 9.58. The highest BCUT2D eigenvalue weighted by Gasteiger charge is 2.35. The molecule has 0 saturated carbocycles. The number of alkyl halides is 3. The van der Waals surface area contributed by atoms with Crippen molar-refractivity contribution < 1.29 is 22.8 Å². The van der Waals surface area contributed by atoms with E-state index < -0.39 is 23.3 Å². The molecule has 0 atom stereocenters. The quantitative estimate of drug-likeness (QED) is 0.286. The highest BCUT2D eigenvalue weighted by molar-refractivity contribution is 6.32. The number of nitrogens with zero attached hydrogens (tertiary/aromatic N) is 2. The Bertz CT molecular complexity index is 1490. The highest BCUT2D eigenvalue weighted by Crippen LogP contribution is 2.34. The van der Waals surface area contributed by atoms with Crippen LogP contribution in [0.4, 0.5) is 18.9 Å². The summed E-state index contributed by atoms with van der Waals surface area (Å²) in [4.78, 5) is 25.6. The van der Waals surface area contributed by atoms with Crippen molar-refractivity contribution in [3.8, 4) is 16.9 Å². The van der Waals surface area contributed by atoms with E-state index >= 15 is 0 Å². The lowest BCUT2D eigenvalue weighted by molar-refractivity contribution is -0.141. The average Bonchev–Trinajstić information content (AvgIpc) is 3.29. The predicted octanol–water partition coefficient (Wildman–Crippen LogP) is 6.99. The van der Waals surface area contributed by atoms with Crippen LogP contribution < -0.4 is 10.6 Å². The number of nitrogens with one attached hydrogen (secondary N) is 2. The van der Waals surface area contributed by atoms with Crippen LogP contribution in [0.3, 0.4) is 0 Å². The summed E-state index contributed by atoms with van der Waals surface area (Å²) in [7, 11) is 0. The highest BCUT2D eigenvalue weighted by atomic mass is 35.5. The lowest BCUT2D eigenvalue weighted by atomic mass is 10.1. The summed E-state index contributed by atoms with van der Waals surface area (Å²) in [5.74, 6) is -0.819. The summed E-state index contributed by atoms with van der Waals surface area (Å²) in [6.45, 7) is 5.55. The van der Waals surface area contributed by atoms with Gasteiger partial charge in [0.2, 0.25) is 0 Å². The maximum Gasteiger partial charge on any atom is 0.435 e. The fraction of sp³-hybridized carbons (Fsp3) is 0.179. The van der Waals surface area contributed by atoms with Crippen LogP contribution in [0.25, 0.3) is 16.9 Å². The third-order valence-corrected chi connectivity index (χ3v) is 5.75. The van der Waals surface area contributed by atoms with E-state index in [0.29, 0.717) is 16.8 Å². The summed E-state index contributed by atoms with van der Waals surface area (Å²) in [6, 6.07) is 20.0. The molecular formula is C28H24ClF3N4O2. The number of anilines is 1. The number of carbonyl (C=O) groups excluding carboxylic acids is 2. The normalized spacial score (nSPS) is 11.8. The molecule has 1 heterocycles. The Kier molecular flexibility index (Phi) is 7.33. The van der Waals surface area contributed by atoms with Crippen molar-refractivity contribution in [2.75, 3.05) is 5.32 Å². The molecule has 0 fully saturated rings. The monoisotopic (exact) mass is 540 g/mol. The number of carbonyl (C=O) groups is 2. The van der Waals surface area contributed by atoms with Crippen LogP contribution in [0.15, 0.2) is 78.9 Å². The number of amides is 2. The molecule has 3 aromatic carbocycles. The Morgan fingerprint density at radius 2 is 1.50 bits per heavy atom. The summed E-state index contributed by atoms with van der Waals surface area (Å²) >= 11 is 6.23. The van der Waals surface area contributed by atoms with Gasteiger partial charge in [-0.3, -0.25) is 9.59 Å². The van der Waals surface area contributed by atoms with E-state index in [1.807, 2.05) is 20.8 Å². The molecule has 4 aromatic rings. The van der Waals surface area contributed by atoms with Crippen molar-refractivity contribution >= 4 is 29.1 Å². The minimum Gasteiger partial charge on any atom is -0.347 e. The van der Waals surface area contributed by atoms with Crippen molar-refractivity contribution in [2.45, 2.75) is 32.5 Å². The van der Waals surface area contributed by atoms with Crippen molar-refractivity contribution in [1.82, 2.24) is 15.1 Å². The van der Waals surface area contributed by atoms with E-state index in [9.17, 15) is 22.8 Å². The first kappa shape index (κ1) is 26.9. The van der Waals surface area contributed by atoms with Crippen LogP contribution in [0.2, 0.25) is 5.02 Å². The molecule has 0 spiro atoms. The molecule has 2 N–H and O–H groups in total. The topological polar surface area (TPSA) is 76.0 Å². The largest absolute Gasteiger partial charge is 0.435 e. The Balaban J connectivity index is 1.63. The van der Waals surface area contributed by atoms with E-state index in [1.54, 1.807) is 48.5 Å². The van der Waals surface area contributed by atoms with Crippen LogP contribution in [0, 0.1) is 0 Å². The zero-order chi connectivity index (χ0) is 27.7. The molecule has 10 heteroatoms. The molecule has 6 nitrogen and oxygen atoms in total. The minimum absolute atomic E-state index is 0.154. The van der Waals surface area contributed by atoms with Gasteiger partial charge in [0.25, 0.3) is 11.8 Å². The zero-order valence-corrected chi connectivity index (χ0v) is 21.5. The van der Waals surface area contributed by atoms with Gasteiger partial charge in [-0.1, -0.05) is 48.0 Å². The van der Waals surface area contributed by atoms with Crippen LogP contribution >= 0.6 is 11.6 Å². The van der Waals surface area contributed by atoms with E-state index in [1.165, 1.54) is 24.3 Å². The van der Waals surface area contributed by atoms with Crippen molar-refractivity contribution in [3.05, 3.63) is 101 Å². The Morgan fingerprint density at radius 3 is 2.13 bits per heavy atom. The predicted molar refractivity (Wildman–Crippen MR) is 141 cm³/mol. The maximum atomic E-state index is 13.5. The number of para-hydroxylation sites is 2. The van der Waals surface area contributed by atoms with Gasteiger partial charge in [0, 0.05) is 16.7 Å². The average molecular weight is 541 g/mol. The number of rotatable bonds is 5. The lowest BCUT2D eigenvalue weighted by Gasteiger charge is -2.21. The van der Waals surface area contributed by atoms with Gasteiger partial charge in [-0.25, -0.2) is 4.68 Å². The summed E-state index contributed by atoms with van der Waals surface area (Å²) < 4.78 is 41.6. The first-order valence-corrected chi connectivity index (χ1v) is 12.0. The number of aromatic nitrogens is 2. The third-order valence-electron chi connectivity index (χ3n) is 5.43. The maximum absolute atomic E-state index is 13.5. The van der Waals surface area contributed by atoms with Gasteiger partial charge in [-0.05, 0) is 63.2 Å². The molecule has 4 rings (SSSR count). The van der Waals surface area contributed by atoms with Gasteiger partial charge in [-0.2, -0.15) is 18.3 Å². The molecule has 2 amide bonds. The molecule has 0 aliphatic rings. The fourth-order valence-corrected chi connectivity index (χ4v) is 3.93. The van der Waals surface area contributed by atoms with E-state index in [2.05, 4.69) is 15.7 Å². The first-order valence-electron chi connectivity index (χ1n) is 11.6. The smallest absolute Gasteiger partial charge is 0.347 e. The molecular weight excluding hydrogens is 517 g/mol. The molecule has 0 aliphatic heterocycles. The Morgan fingerprint density at radius 1 is 0.868 bits per heavy atom.